The van der Waals surface area contributed by atoms with E-state index in [0.29, 0.717) is 0 Å². The molecule has 0 aromatic rings. The number of amides is 3. The van der Waals surface area contributed by atoms with E-state index in [4.69, 9.17) is 0 Å². The number of hydrogen-bond donors (Lipinski definition) is 0. The molecule has 1 aliphatic rings. The van der Waals surface area contributed by atoms with Crippen molar-refractivity contribution in [3.8, 4) is 0 Å². The van der Waals surface area contributed by atoms with E-state index in [1.807, 2.05) is 0 Å². The van der Waals surface area contributed by atoms with Gasteiger partial charge in [-0.1, -0.05) is 0 Å². The van der Waals surface area contributed by atoms with E-state index in [9.17, 15) is 9.59 Å². The summed E-state index contributed by atoms with van der Waals surface area (Å²) in [5.41, 5.74) is 0. The van der Waals surface area contributed by atoms with E-state index in [0.717, 1.165) is 44.1 Å². The van der Waals surface area contributed by atoms with Crippen molar-refractivity contribution in [1.82, 2.24) is 9.80 Å². The summed E-state index contributed by atoms with van der Waals surface area (Å²) in [6.45, 7) is 3.72. The third-order valence-corrected chi connectivity index (χ3v) is 5.04. The van der Waals surface area contributed by atoms with Crippen LogP contribution >= 0.6 is 0 Å². The third kappa shape index (κ3) is 4.68. The van der Waals surface area contributed by atoms with Crippen molar-refractivity contribution in [3.63, 3.8) is 0 Å². The van der Waals surface area contributed by atoms with Crippen molar-refractivity contribution in [3.05, 3.63) is 0 Å². The molecule has 3 amide bonds. The molecule has 1 aliphatic heterocycles. The van der Waals surface area contributed by atoms with Crippen LogP contribution in [0.25, 0.3) is 0 Å². The zero-order valence-electron chi connectivity index (χ0n) is 10.8. The van der Waals surface area contributed by atoms with E-state index >= 15 is 0 Å². The molecule has 0 saturated carbocycles. The second kappa shape index (κ2) is 7.72. The fourth-order valence-electron chi connectivity index (χ4n) is 1.78. The molecule has 0 N–H and O–H groups in total. The van der Waals surface area contributed by atoms with Crippen molar-refractivity contribution >= 4 is 25.8 Å². The molecule has 0 unspecified atom stereocenters. The second-order valence-electron chi connectivity index (χ2n) is 4.36. The predicted molar refractivity (Wildman–Crippen MR) is 69.4 cm³/mol. The van der Waals surface area contributed by atoms with Crippen molar-refractivity contribution in [2.24, 2.45) is 0 Å². The number of urea groups is 1. The third-order valence-electron chi connectivity index (χ3n) is 2.91. The van der Waals surface area contributed by atoms with E-state index in [-0.39, 0.29) is 25.8 Å². The molecule has 0 spiro atoms. The Labute approximate surface area is 110 Å². The van der Waals surface area contributed by atoms with Crippen molar-refractivity contribution in [2.75, 3.05) is 20.1 Å². The van der Waals surface area contributed by atoms with E-state index < -0.39 is 0 Å². The monoisotopic (exact) mass is 306 g/mol. The fraction of sp³-hybridized carbons (Fsp3) is 0.833. The molecule has 1 rings (SSSR count). The fourth-order valence-corrected chi connectivity index (χ4v) is 3.62. The molecule has 1 saturated heterocycles. The van der Waals surface area contributed by atoms with Crippen LogP contribution in [0.3, 0.4) is 0 Å². The second-order valence-corrected chi connectivity index (χ2v) is 6.55. The van der Waals surface area contributed by atoms with Crippen molar-refractivity contribution < 1.29 is 9.59 Å². The molecule has 0 atom stereocenters. The van der Waals surface area contributed by atoms with Gasteiger partial charge in [0.2, 0.25) is 0 Å². The number of hydrogen-bond acceptors (Lipinski definition) is 2. The zero-order valence-corrected chi connectivity index (χ0v) is 12.5. The van der Waals surface area contributed by atoms with Gasteiger partial charge in [-0.05, 0) is 0 Å². The Balaban J connectivity index is 2.36. The Hall–Kier alpha value is -0.541. The summed E-state index contributed by atoms with van der Waals surface area (Å²) in [6.07, 6.45) is 5.52. The van der Waals surface area contributed by atoms with Gasteiger partial charge in [-0.3, -0.25) is 0 Å². The first-order valence-electron chi connectivity index (χ1n) is 6.36. The van der Waals surface area contributed by atoms with Gasteiger partial charge >= 0.3 is 110 Å². The number of nitrogens with zero attached hydrogens (tertiary/aromatic N) is 2. The van der Waals surface area contributed by atoms with Gasteiger partial charge in [-0.2, -0.15) is 0 Å². The molecule has 5 heteroatoms. The van der Waals surface area contributed by atoms with Crippen LogP contribution in [-0.4, -0.2) is 55.7 Å². The Bertz CT molecular complexity index is 265. The summed E-state index contributed by atoms with van der Waals surface area (Å²) in [4.78, 5) is 27.0. The SMILES string of the molecule is CCCC[Se]C(=O)N(C)C(=O)N1CCCCC1. The number of carbonyl (C=O) groups is 2. The van der Waals surface area contributed by atoms with Gasteiger partial charge < -0.3 is 0 Å². The number of piperidine rings is 1. The minimum atomic E-state index is -0.104. The van der Waals surface area contributed by atoms with Crippen LogP contribution in [0, 0.1) is 0 Å². The van der Waals surface area contributed by atoms with E-state index in [2.05, 4.69) is 6.92 Å². The van der Waals surface area contributed by atoms with Crippen LogP contribution in [0.4, 0.5) is 9.59 Å². The minimum absolute atomic E-state index is 0.0153. The van der Waals surface area contributed by atoms with Crippen molar-refractivity contribution in [1.29, 1.82) is 0 Å². The predicted octanol–water partition coefficient (Wildman–Crippen LogP) is 2.57. The maximum absolute atomic E-state index is 12.0. The molecule has 0 aromatic carbocycles. The summed E-state index contributed by atoms with van der Waals surface area (Å²) < 4.78 is 0. The quantitative estimate of drug-likeness (QED) is 0.591. The zero-order chi connectivity index (χ0) is 12.7. The van der Waals surface area contributed by atoms with Crippen LogP contribution in [0.2, 0.25) is 5.32 Å². The summed E-state index contributed by atoms with van der Waals surface area (Å²) in [5, 5.41) is 0.944. The van der Waals surface area contributed by atoms with Crippen LogP contribution < -0.4 is 0 Å². The Morgan fingerprint density at radius 2 is 1.88 bits per heavy atom. The molecule has 1 heterocycles. The summed E-state index contributed by atoms with van der Waals surface area (Å²) >= 11 is -0.0732. The molecule has 4 nitrogen and oxygen atoms in total. The maximum atomic E-state index is 12.0. The molecular formula is C12H22N2O2Se. The van der Waals surface area contributed by atoms with Crippen LogP contribution in [0.5, 0.6) is 0 Å². The number of imide groups is 1. The van der Waals surface area contributed by atoms with Crippen LogP contribution in [-0.2, 0) is 0 Å². The molecule has 0 bridgehead atoms. The van der Waals surface area contributed by atoms with Gasteiger partial charge in [0.15, 0.2) is 0 Å². The van der Waals surface area contributed by atoms with E-state index in [1.54, 1.807) is 11.9 Å². The van der Waals surface area contributed by atoms with Gasteiger partial charge in [0.25, 0.3) is 0 Å². The Morgan fingerprint density at radius 3 is 2.47 bits per heavy atom. The van der Waals surface area contributed by atoms with E-state index in [1.165, 1.54) is 11.3 Å². The number of rotatable bonds is 4. The summed E-state index contributed by atoms with van der Waals surface area (Å²) in [6, 6.07) is -0.104. The van der Waals surface area contributed by atoms with Gasteiger partial charge in [-0.15, -0.1) is 0 Å². The molecule has 0 aliphatic carbocycles. The normalized spacial score (nSPS) is 15.8. The van der Waals surface area contributed by atoms with Gasteiger partial charge in [0.05, 0.1) is 0 Å². The first-order chi connectivity index (χ1) is 8.16. The van der Waals surface area contributed by atoms with Crippen molar-refractivity contribution in [2.45, 2.75) is 44.3 Å². The molecule has 0 radical (unpaired) electrons. The molecular weight excluding hydrogens is 283 g/mol. The van der Waals surface area contributed by atoms with Gasteiger partial charge in [-0.25, -0.2) is 0 Å². The summed E-state index contributed by atoms with van der Waals surface area (Å²) in [5.74, 6) is 0. The number of likely N-dealkylation sites (tertiary alicyclic amines) is 1. The molecule has 98 valence electrons. The standard InChI is InChI=1S/C12H22N2O2Se/c1-3-4-10-17-12(16)13(2)11(15)14-8-6-5-7-9-14/h3-10H2,1-2H3. The first-order valence-corrected chi connectivity index (χ1v) is 8.43. The molecule has 0 aromatic heterocycles. The summed E-state index contributed by atoms with van der Waals surface area (Å²) in [7, 11) is 1.62. The molecule has 1 fully saturated rings. The van der Waals surface area contributed by atoms with Gasteiger partial charge in [0, 0.05) is 0 Å². The first kappa shape index (κ1) is 14.5. The van der Waals surface area contributed by atoms with Crippen LogP contribution in [0.15, 0.2) is 0 Å². The van der Waals surface area contributed by atoms with Crippen LogP contribution in [0.1, 0.15) is 39.0 Å². The molecule has 17 heavy (non-hydrogen) atoms. The number of unbranched alkanes of at least 4 members (excludes halogenated alkanes) is 1. The average molecular weight is 305 g/mol. The number of carbonyl (C=O) groups excluding carboxylic acids is 2. The average Bonchev–Trinajstić information content (AvgIpc) is 2.38. The van der Waals surface area contributed by atoms with Gasteiger partial charge in [0.1, 0.15) is 0 Å². The Morgan fingerprint density at radius 1 is 1.24 bits per heavy atom. The Kier molecular flexibility index (Phi) is 6.60. The topological polar surface area (TPSA) is 40.6 Å².